The molecular formula is C23H22N7O5S2+. The molecule has 5 rings (SSSR count). The monoisotopic (exact) mass is 540 g/mol. The minimum atomic E-state index is -1.21. The summed E-state index contributed by atoms with van der Waals surface area (Å²) in [7, 11) is 1.28. The highest BCUT2D eigenvalue weighted by molar-refractivity contribution is 8.00. The fourth-order valence-electron chi connectivity index (χ4n) is 4.36. The molecule has 0 spiro atoms. The summed E-state index contributed by atoms with van der Waals surface area (Å²) in [6.45, 7) is 0.263. The molecule has 4 heterocycles. The summed E-state index contributed by atoms with van der Waals surface area (Å²) >= 11 is 2.51. The number of carboxylic acids is 1. The van der Waals surface area contributed by atoms with Gasteiger partial charge in [-0.05, 0) is 6.07 Å². The van der Waals surface area contributed by atoms with Crippen molar-refractivity contribution in [3.63, 3.8) is 0 Å². The normalized spacial score (nSPS) is 19.4. The lowest BCUT2D eigenvalue weighted by Crippen LogP contribution is -2.71. The number of benzene rings is 1. The number of aliphatic carboxylic acids is 1. The Kier molecular flexibility index (Phi) is 6.43. The van der Waals surface area contributed by atoms with Gasteiger partial charge in [0.15, 0.2) is 23.6 Å². The van der Waals surface area contributed by atoms with Gasteiger partial charge >= 0.3 is 5.97 Å². The lowest BCUT2D eigenvalue weighted by molar-refractivity contribution is -0.663. The third-order valence-corrected chi connectivity index (χ3v) is 8.03. The molecule has 1 fully saturated rings. The summed E-state index contributed by atoms with van der Waals surface area (Å²) in [5, 5.41) is 18.5. The average molecular weight is 541 g/mol. The zero-order chi connectivity index (χ0) is 26.3. The molecule has 6 N–H and O–H groups in total. The van der Waals surface area contributed by atoms with Gasteiger partial charge in [-0.15, -0.1) is 23.1 Å². The summed E-state index contributed by atoms with van der Waals surface area (Å²) in [5.41, 5.74) is 13.8. The lowest BCUT2D eigenvalue weighted by Gasteiger charge is -2.49. The Labute approximate surface area is 218 Å². The number of hydrogen-bond donors (Lipinski definition) is 4. The zero-order valence-electron chi connectivity index (χ0n) is 19.5. The second-order valence-electron chi connectivity index (χ2n) is 8.23. The number of nitrogens with zero attached hydrogens (tertiary/aromatic N) is 4. The van der Waals surface area contributed by atoms with Gasteiger partial charge in [0, 0.05) is 28.8 Å². The number of rotatable bonds is 7. The number of thioether (sulfide) groups is 1. The number of anilines is 2. The quantitative estimate of drug-likeness (QED) is 0.144. The molecule has 0 radical (unpaired) electrons. The largest absolute Gasteiger partial charge is 0.477 e. The van der Waals surface area contributed by atoms with Crippen LogP contribution < -0.4 is 21.4 Å². The number of nitrogens with one attached hydrogen (secondary N) is 1. The van der Waals surface area contributed by atoms with Gasteiger partial charge in [-0.25, -0.2) is 9.78 Å². The summed E-state index contributed by atoms with van der Waals surface area (Å²) in [4.78, 5) is 48.3. The van der Waals surface area contributed by atoms with Crippen LogP contribution in [0, 0.1) is 0 Å². The fraction of sp³-hybridized carbons (Fsp3) is 0.217. The molecule has 190 valence electrons. The van der Waals surface area contributed by atoms with Crippen LogP contribution in [0.4, 0.5) is 10.8 Å². The first-order valence-corrected chi connectivity index (χ1v) is 12.9. The summed E-state index contributed by atoms with van der Waals surface area (Å²) in [6.07, 6.45) is 1.80. The van der Waals surface area contributed by atoms with E-state index >= 15 is 0 Å². The van der Waals surface area contributed by atoms with Gasteiger partial charge in [0.05, 0.1) is 11.1 Å². The molecule has 2 unspecified atom stereocenters. The average Bonchev–Trinajstić information content (AvgIpc) is 3.32. The molecule has 0 bridgehead atoms. The van der Waals surface area contributed by atoms with Gasteiger partial charge in [0.25, 0.3) is 11.8 Å². The van der Waals surface area contributed by atoms with E-state index in [1.165, 1.54) is 23.8 Å². The molecule has 2 aliphatic rings. The van der Waals surface area contributed by atoms with Crippen LogP contribution in [0.25, 0.3) is 10.9 Å². The molecule has 0 aliphatic carbocycles. The predicted octanol–water partition coefficient (Wildman–Crippen LogP) is 0.538. The van der Waals surface area contributed by atoms with Crippen molar-refractivity contribution in [2.45, 2.75) is 18.0 Å². The van der Waals surface area contributed by atoms with Crippen LogP contribution in [0.2, 0.25) is 0 Å². The Morgan fingerprint density at radius 2 is 2.11 bits per heavy atom. The molecule has 0 saturated carbocycles. The second kappa shape index (κ2) is 9.71. The Morgan fingerprint density at radius 1 is 1.32 bits per heavy atom. The van der Waals surface area contributed by atoms with Crippen molar-refractivity contribution < 1.29 is 28.9 Å². The number of fused-ring (bicyclic) bond motifs is 2. The van der Waals surface area contributed by atoms with Crippen molar-refractivity contribution in [3.05, 3.63) is 58.9 Å². The highest BCUT2D eigenvalue weighted by Gasteiger charge is 2.54. The number of carboxylic acid groups (broad SMARTS) is 1. The van der Waals surface area contributed by atoms with Crippen molar-refractivity contribution in [1.82, 2.24) is 15.2 Å². The molecule has 3 aromatic rings. The van der Waals surface area contributed by atoms with Crippen LogP contribution in [-0.4, -0.2) is 62.8 Å². The molecule has 14 heteroatoms. The third-order valence-electron chi connectivity index (χ3n) is 6.02. The van der Waals surface area contributed by atoms with Crippen LogP contribution in [-0.2, 0) is 25.8 Å². The SMILES string of the molecule is CO/N=C(/C(=O)NC1C(=O)N2C(C(=O)O)=C(C[n+]3ccc(N)c4ccccc43)CSC12)c1csc(N)n1. The van der Waals surface area contributed by atoms with E-state index in [-0.39, 0.29) is 28.8 Å². The van der Waals surface area contributed by atoms with Crippen molar-refractivity contribution in [1.29, 1.82) is 0 Å². The van der Waals surface area contributed by atoms with E-state index in [0.29, 0.717) is 17.0 Å². The van der Waals surface area contributed by atoms with Crippen LogP contribution in [0.3, 0.4) is 0 Å². The number of thiazole rings is 1. The van der Waals surface area contributed by atoms with Crippen LogP contribution >= 0.6 is 23.1 Å². The van der Waals surface area contributed by atoms with Gasteiger partial charge in [-0.2, -0.15) is 4.57 Å². The first-order chi connectivity index (χ1) is 17.8. The highest BCUT2D eigenvalue weighted by atomic mass is 32.2. The van der Waals surface area contributed by atoms with Crippen molar-refractivity contribution in [2.75, 3.05) is 24.3 Å². The molecular weight excluding hydrogens is 518 g/mol. The van der Waals surface area contributed by atoms with Crippen molar-refractivity contribution >= 4 is 68.3 Å². The predicted molar refractivity (Wildman–Crippen MR) is 138 cm³/mol. The number of carbonyl (C=O) groups is 3. The third kappa shape index (κ3) is 4.34. The number of pyridine rings is 1. The number of nitrogens with two attached hydrogens (primary N) is 2. The topological polar surface area (TPSA) is 177 Å². The standard InChI is InChI=1S/C23H21N7O5S2/c1-35-28-16(14-10-37-23(25)26-14)19(31)27-17-20(32)30-18(22(33)34)11(9-36-21(17)30)8-29-7-6-13(24)12-4-2-3-5-15(12)29/h2-7,10,17,21,24H,8-9H2,1H3,(H4,25,26,27,31,33,34)/p+1/b28-16+. The summed E-state index contributed by atoms with van der Waals surface area (Å²) in [6, 6.07) is 8.39. The molecule has 2 atom stereocenters. The number of para-hydroxylation sites is 1. The van der Waals surface area contributed by atoms with Crippen molar-refractivity contribution in [2.24, 2.45) is 5.16 Å². The van der Waals surface area contributed by atoms with Crippen LogP contribution in [0.5, 0.6) is 0 Å². The number of oxime groups is 1. The lowest BCUT2D eigenvalue weighted by atomic mass is 10.0. The maximum Gasteiger partial charge on any atom is 0.352 e. The Bertz CT molecular complexity index is 1500. The van der Waals surface area contributed by atoms with E-state index < -0.39 is 29.2 Å². The molecule has 2 aromatic heterocycles. The molecule has 37 heavy (non-hydrogen) atoms. The van der Waals surface area contributed by atoms with E-state index in [1.54, 1.807) is 17.6 Å². The Hall–Kier alpha value is -4.17. The number of β-lactam (4-membered cyclic amide) rings is 1. The highest BCUT2D eigenvalue weighted by Crippen LogP contribution is 2.40. The molecule has 12 nitrogen and oxygen atoms in total. The van der Waals surface area contributed by atoms with Crippen molar-refractivity contribution in [3.8, 4) is 0 Å². The molecule has 2 amide bonds. The van der Waals surface area contributed by atoms with E-state index in [1.807, 2.05) is 28.8 Å². The van der Waals surface area contributed by atoms with Gasteiger partial charge in [-0.3, -0.25) is 14.5 Å². The smallest absolute Gasteiger partial charge is 0.352 e. The van der Waals surface area contributed by atoms with E-state index in [2.05, 4.69) is 15.5 Å². The second-order valence-corrected chi connectivity index (χ2v) is 10.2. The Balaban J connectivity index is 1.39. The van der Waals surface area contributed by atoms with Gasteiger partial charge in [-0.1, -0.05) is 17.3 Å². The number of nitrogen functional groups attached to an aromatic ring is 2. The molecule has 2 aliphatic heterocycles. The van der Waals surface area contributed by atoms with E-state index in [4.69, 9.17) is 16.3 Å². The number of carbonyl (C=O) groups excluding carboxylic acids is 2. The number of aromatic nitrogens is 2. The van der Waals surface area contributed by atoms with Gasteiger partial charge < -0.3 is 26.7 Å². The van der Waals surface area contributed by atoms with E-state index in [9.17, 15) is 19.5 Å². The first-order valence-electron chi connectivity index (χ1n) is 11.0. The maximum atomic E-state index is 13.1. The first kappa shape index (κ1) is 24.5. The maximum absolute atomic E-state index is 13.1. The molecule has 1 aromatic carbocycles. The molecule has 1 saturated heterocycles. The number of hydrogen-bond acceptors (Lipinski definition) is 10. The minimum absolute atomic E-state index is 0.0780. The summed E-state index contributed by atoms with van der Waals surface area (Å²) < 4.78 is 1.90. The number of amides is 2. The Morgan fingerprint density at radius 3 is 2.81 bits per heavy atom. The fourth-order valence-corrected chi connectivity index (χ4v) is 6.24. The van der Waals surface area contributed by atoms with E-state index in [0.717, 1.165) is 22.2 Å². The summed E-state index contributed by atoms with van der Waals surface area (Å²) in [5.74, 6) is -2.06. The zero-order valence-corrected chi connectivity index (χ0v) is 21.1. The van der Waals surface area contributed by atoms with Crippen LogP contribution in [0.15, 0.2) is 58.3 Å². The van der Waals surface area contributed by atoms with Crippen LogP contribution in [0.1, 0.15) is 5.69 Å². The van der Waals surface area contributed by atoms with Gasteiger partial charge in [0.2, 0.25) is 5.52 Å². The van der Waals surface area contributed by atoms with Gasteiger partial charge in [0.1, 0.15) is 29.9 Å². The minimum Gasteiger partial charge on any atom is -0.477 e.